The van der Waals surface area contributed by atoms with Crippen LogP contribution in [-0.4, -0.2) is 31.9 Å². The molecule has 4 aromatic carbocycles. The minimum atomic E-state index is -3.35. The van der Waals surface area contributed by atoms with Gasteiger partial charge < -0.3 is 9.47 Å². The van der Waals surface area contributed by atoms with Gasteiger partial charge in [0.25, 0.3) is 0 Å². The third-order valence-electron chi connectivity index (χ3n) is 6.37. The Bertz CT molecular complexity index is 1420. The Kier molecular flexibility index (Phi) is 6.26. The van der Waals surface area contributed by atoms with Gasteiger partial charge in [-0.2, -0.15) is 0 Å². The average molecular weight is 489 g/mol. The first-order chi connectivity index (χ1) is 16.8. The molecular formula is C28H24O6S. The molecule has 1 fully saturated rings. The summed E-state index contributed by atoms with van der Waals surface area (Å²) >= 11 is 0. The summed E-state index contributed by atoms with van der Waals surface area (Å²) in [6.07, 6.45) is -0.167. The smallest absolute Gasteiger partial charge is 0.311 e. The molecular weight excluding hydrogens is 464 g/mol. The molecule has 2 atom stereocenters. The van der Waals surface area contributed by atoms with Crippen LogP contribution in [0.5, 0.6) is 11.5 Å². The summed E-state index contributed by atoms with van der Waals surface area (Å²) in [5, 5.41) is 3.93. The zero-order valence-electron chi connectivity index (χ0n) is 18.9. The highest BCUT2D eigenvalue weighted by Crippen LogP contribution is 2.32. The monoisotopic (exact) mass is 488 g/mol. The molecule has 5 rings (SSSR count). The fourth-order valence-corrected chi connectivity index (χ4v) is 6.90. The number of esters is 2. The first-order valence-electron chi connectivity index (χ1n) is 11.4. The number of hydrogen-bond acceptors (Lipinski definition) is 6. The summed E-state index contributed by atoms with van der Waals surface area (Å²) in [6, 6.07) is 26.1. The van der Waals surface area contributed by atoms with Crippen LogP contribution in [0.2, 0.25) is 0 Å². The van der Waals surface area contributed by atoms with Crippen molar-refractivity contribution >= 4 is 43.3 Å². The fourth-order valence-electron chi connectivity index (χ4n) is 4.68. The lowest BCUT2D eigenvalue weighted by Crippen LogP contribution is -2.23. The van der Waals surface area contributed by atoms with E-state index in [0.29, 0.717) is 11.5 Å². The van der Waals surface area contributed by atoms with E-state index in [4.69, 9.17) is 9.47 Å². The minimum Gasteiger partial charge on any atom is -0.426 e. The fraction of sp³-hybridized carbons (Fsp3) is 0.214. The van der Waals surface area contributed by atoms with Crippen LogP contribution in [0, 0.1) is 11.8 Å². The van der Waals surface area contributed by atoms with Crippen molar-refractivity contribution < 1.29 is 27.5 Å². The Hall–Kier alpha value is -3.71. The Morgan fingerprint density at radius 2 is 1.03 bits per heavy atom. The van der Waals surface area contributed by atoms with Crippen LogP contribution < -0.4 is 9.47 Å². The van der Waals surface area contributed by atoms with Crippen molar-refractivity contribution in [1.29, 1.82) is 0 Å². The van der Waals surface area contributed by atoms with Crippen LogP contribution in [0.15, 0.2) is 84.9 Å². The summed E-state index contributed by atoms with van der Waals surface area (Å²) in [5.41, 5.74) is 0. The molecule has 0 amide bonds. The summed E-state index contributed by atoms with van der Waals surface area (Å²) in [5.74, 6) is -1.52. The first-order valence-corrected chi connectivity index (χ1v) is 13.3. The zero-order valence-corrected chi connectivity index (χ0v) is 19.7. The van der Waals surface area contributed by atoms with Crippen molar-refractivity contribution in [3.8, 4) is 11.5 Å². The number of hydrogen-bond donors (Lipinski definition) is 0. The normalized spacial score (nSPS) is 19.0. The van der Waals surface area contributed by atoms with E-state index < -0.39 is 33.6 Å². The van der Waals surface area contributed by atoms with E-state index in [2.05, 4.69) is 0 Å². The van der Waals surface area contributed by atoms with Gasteiger partial charge in [-0.1, -0.05) is 60.7 Å². The molecule has 0 unspecified atom stereocenters. The van der Waals surface area contributed by atoms with E-state index in [1.807, 2.05) is 60.7 Å². The average Bonchev–Trinajstić information content (AvgIpc) is 3.10. The molecule has 0 radical (unpaired) electrons. The van der Waals surface area contributed by atoms with Crippen molar-refractivity contribution in [1.82, 2.24) is 0 Å². The summed E-state index contributed by atoms with van der Waals surface area (Å²) in [7, 11) is -3.35. The topological polar surface area (TPSA) is 86.7 Å². The van der Waals surface area contributed by atoms with Gasteiger partial charge in [-0.05, 0) is 57.6 Å². The van der Waals surface area contributed by atoms with E-state index in [1.165, 1.54) is 0 Å². The standard InChI is InChI=1S/C28H24O6S/c29-27(33-25-11-9-19-5-1-3-7-21(19)13-25)15-23-17-35(31,32)18-24(23)16-28(30)34-26-12-10-20-6-2-4-8-22(20)14-26/h1-14,23-24H,15-18H2/t23-,24-/m1/s1. The van der Waals surface area contributed by atoms with Gasteiger partial charge in [-0.3, -0.25) is 9.59 Å². The zero-order chi connectivity index (χ0) is 24.4. The second kappa shape index (κ2) is 9.50. The number of rotatable bonds is 6. The first kappa shape index (κ1) is 23.1. The van der Waals surface area contributed by atoms with Crippen LogP contribution in [0.1, 0.15) is 12.8 Å². The molecule has 0 aromatic heterocycles. The molecule has 0 N–H and O–H groups in total. The predicted octanol–water partition coefficient (Wildman–Crippen LogP) is 4.95. The molecule has 1 aliphatic heterocycles. The summed E-state index contributed by atoms with van der Waals surface area (Å²) in [6.45, 7) is 0. The van der Waals surface area contributed by atoms with Crippen molar-refractivity contribution in [2.24, 2.45) is 11.8 Å². The minimum absolute atomic E-state index is 0.0834. The van der Waals surface area contributed by atoms with Crippen LogP contribution in [0.3, 0.4) is 0 Å². The Morgan fingerprint density at radius 3 is 1.46 bits per heavy atom. The maximum Gasteiger partial charge on any atom is 0.311 e. The number of sulfone groups is 1. The second-order valence-electron chi connectivity index (χ2n) is 8.97. The third kappa shape index (κ3) is 5.52. The van der Waals surface area contributed by atoms with Gasteiger partial charge in [0.15, 0.2) is 9.84 Å². The Balaban J connectivity index is 1.23. The highest BCUT2D eigenvalue weighted by molar-refractivity contribution is 7.91. The van der Waals surface area contributed by atoms with Crippen LogP contribution in [0.25, 0.3) is 21.5 Å². The van der Waals surface area contributed by atoms with Gasteiger partial charge in [0.05, 0.1) is 24.3 Å². The molecule has 35 heavy (non-hydrogen) atoms. The number of benzene rings is 4. The highest BCUT2D eigenvalue weighted by Gasteiger charge is 2.40. The maximum absolute atomic E-state index is 12.6. The Labute approximate surface area is 203 Å². The van der Waals surface area contributed by atoms with Gasteiger partial charge in [0.2, 0.25) is 0 Å². The lowest BCUT2D eigenvalue weighted by Gasteiger charge is -2.16. The highest BCUT2D eigenvalue weighted by atomic mass is 32.2. The molecule has 0 spiro atoms. The molecule has 1 heterocycles. The molecule has 1 aliphatic rings. The van der Waals surface area contributed by atoms with Crippen LogP contribution in [0.4, 0.5) is 0 Å². The van der Waals surface area contributed by atoms with E-state index in [0.717, 1.165) is 21.5 Å². The summed E-state index contributed by atoms with van der Waals surface area (Å²) in [4.78, 5) is 25.3. The van der Waals surface area contributed by atoms with E-state index in [1.54, 1.807) is 24.3 Å². The van der Waals surface area contributed by atoms with Crippen molar-refractivity contribution in [2.45, 2.75) is 12.8 Å². The molecule has 1 saturated heterocycles. The number of ether oxygens (including phenoxy) is 2. The number of carbonyl (C=O) groups excluding carboxylic acids is 2. The van der Waals surface area contributed by atoms with Crippen LogP contribution in [-0.2, 0) is 19.4 Å². The van der Waals surface area contributed by atoms with Gasteiger partial charge >= 0.3 is 11.9 Å². The molecule has 0 saturated carbocycles. The lowest BCUT2D eigenvalue weighted by molar-refractivity contribution is -0.138. The van der Waals surface area contributed by atoms with Gasteiger partial charge in [-0.25, -0.2) is 8.42 Å². The predicted molar refractivity (Wildman–Crippen MR) is 134 cm³/mol. The second-order valence-corrected chi connectivity index (χ2v) is 11.1. The quantitative estimate of drug-likeness (QED) is 0.282. The number of fused-ring (bicyclic) bond motifs is 2. The molecule has 178 valence electrons. The van der Waals surface area contributed by atoms with Gasteiger partial charge in [0.1, 0.15) is 11.5 Å². The lowest BCUT2D eigenvalue weighted by atomic mass is 9.90. The van der Waals surface area contributed by atoms with Gasteiger partial charge in [-0.15, -0.1) is 0 Å². The largest absolute Gasteiger partial charge is 0.426 e. The molecule has 4 aromatic rings. The molecule has 7 heteroatoms. The third-order valence-corrected chi connectivity index (χ3v) is 8.24. The van der Waals surface area contributed by atoms with Crippen LogP contribution >= 0.6 is 0 Å². The number of carbonyl (C=O) groups is 2. The molecule has 0 aliphatic carbocycles. The van der Waals surface area contributed by atoms with E-state index in [-0.39, 0.29) is 24.3 Å². The summed E-state index contributed by atoms with van der Waals surface area (Å²) < 4.78 is 35.6. The Morgan fingerprint density at radius 1 is 0.629 bits per heavy atom. The van der Waals surface area contributed by atoms with E-state index in [9.17, 15) is 18.0 Å². The van der Waals surface area contributed by atoms with Crippen molar-refractivity contribution in [3.63, 3.8) is 0 Å². The van der Waals surface area contributed by atoms with Gasteiger partial charge in [0, 0.05) is 0 Å². The van der Waals surface area contributed by atoms with E-state index >= 15 is 0 Å². The molecule has 0 bridgehead atoms. The molecule has 6 nitrogen and oxygen atoms in total. The van der Waals surface area contributed by atoms with Crippen molar-refractivity contribution in [3.05, 3.63) is 84.9 Å². The SMILES string of the molecule is O=C(C[C@@H]1CS(=O)(=O)C[C@H]1CC(=O)Oc1ccc2ccccc2c1)Oc1ccc2ccccc2c1. The maximum atomic E-state index is 12.6. The van der Waals surface area contributed by atoms with Crippen molar-refractivity contribution in [2.75, 3.05) is 11.5 Å².